The predicted molar refractivity (Wildman–Crippen MR) is 65.6 cm³/mol. The number of rotatable bonds is 3. The van der Waals surface area contributed by atoms with Crippen LogP contribution >= 0.6 is 11.6 Å². The van der Waals surface area contributed by atoms with Crippen LogP contribution in [0.3, 0.4) is 0 Å². The van der Waals surface area contributed by atoms with E-state index in [0.29, 0.717) is 5.89 Å². The van der Waals surface area contributed by atoms with Crippen LogP contribution in [0.2, 0.25) is 0 Å². The molecular weight excluding hydrogens is 222 g/mol. The average Bonchev–Trinajstić information content (AvgIpc) is 2.78. The van der Waals surface area contributed by atoms with E-state index in [1.165, 1.54) is 5.56 Å². The minimum atomic E-state index is -0.192. The van der Waals surface area contributed by atoms with Crippen molar-refractivity contribution in [3.8, 4) is 11.3 Å². The molecule has 0 amide bonds. The number of benzene rings is 1. The first-order chi connectivity index (χ1) is 7.72. The van der Waals surface area contributed by atoms with Gasteiger partial charge in [0.25, 0.3) is 0 Å². The summed E-state index contributed by atoms with van der Waals surface area (Å²) in [6.07, 6.45) is 2.71. The fourth-order valence-corrected chi connectivity index (χ4v) is 1.77. The maximum atomic E-state index is 5.92. The lowest BCUT2D eigenvalue weighted by atomic mass is 10.0. The maximum absolute atomic E-state index is 5.92. The quantitative estimate of drug-likeness (QED) is 0.745. The number of hydrogen-bond donors (Lipinski definition) is 0. The van der Waals surface area contributed by atoms with Crippen LogP contribution in [0.4, 0.5) is 0 Å². The zero-order valence-electron chi connectivity index (χ0n) is 9.40. The van der Waals surface area contributed by atoms with Crippen LogP contribution in [0.5, 0.6) is 0 Å². The molecule has 0 aliphatic rings. The Balaban J connectivity index is 2.42. The van der Waals surface area contributed by atoms with Crippen molar-refractivity contribution in [2.24, 2.45) is 0 Å². The molecule has 0 fully saturated rings. The minimum Gasteiger partial charge on any atom is -0.439 e. The molecule has 84 valence electrons. The Morgan fingerprint density at radius 3 is 2.75 bits per heavy atom. The number of aryl methyl sites for hydroxylation is 1. The van der Waals surface area contributed by atoms with Gasteiger partial charge in [-0.2, -0.15) is 0 Å². The fourth-order valence-electron chi connectivity index (χ4n) is 1.67. The molecule has 1 atom stereocenters. The monoisotopic (exact) mass is 235 g/mol. The Morgan fingerprint density at radius 2 is 2.12 bits per heavy atom. The molecule has 3 heteroatoms. The minimum absolute atomic E-state index is 0.192. The Morgan fingerprint density at radius 1 is 1.38 bits per heavy atom. The van der Waals surface area contributed by atoms with Gasteiger partial charge in [0.2, 0.25) is 5.89 Å². The summed E-state index contributed by atoms with van der Waals surface area (Å²) in [5.74, 6) is 1.36. The lowest BCUT2D eigenvalue weighted by Gasteiger charge is -2.03. The molecule has 16 heavy (non-hydrogen) atoms. The van der Waals surface area contributed by atoms with E-state index in [1.54, 1.807) is 6.20 Å². The number of aromatic nitrogens is 1. The van der Waals surface area contributed by atoms with Gasteiger partial charge in [-0.25, -0.2) is 4.98 Å². The van der Waals surface area contributed by atoms with Crippen molar-refractivity contribution in [2.45, 2.75) is 25.6 Å². The summed E-state index contributed by atoms with van der Waals surface area (Å²) >= 11 is 5.92. The molecule has 1 aromatic heterocycles. The molecule has 0 spiro atoms. The van der Waals surface area contributed by atoms with Gasteiger partial charge in [0, 0.05) is 5.56 Å². The summed E-state index contributed by atoms with van der Waals surface area (Å²) in [6, 6.07) is 8.17. The van der Waals surface area contributed by atoms with Crippen molar-refractivity contribution in [1.29, 1.82) is 0 Å². The largest absolute Gasteiger partial charge is 0.439 e. The molecule has 2 nitrogen and oxygen atoms in total. The Hall–Kier alpha value is -1.28. The maximum Gasteiger partial charge on any atom is 0.212 e. The van der Waals surface area contributed by atoms with Gasteiger partial charge < -0.3 is 4.42 Å². The van der Waals surface area contributed by atoms with Crippen molar-refractivity contribution >= 4 is 11.6 Å². The summed E-state index contributed by atoms with van der Waals surface area (Å²) in [6.45, 7) is 3.98. The van der Waals surface area contributed by atoms with Crippen LogP contribution in [0.15, 0.2) is 34.9 Å². The van der Waals surface area contributed by atoms with Gasteiger partial charge in [-0.15, -0.1) is 11.6 Å². The van der Waals surface area contributed by atoms with Crippen LogP contribution in [-0.2, 0) is 6.42 Å². The van der Waals surface area contributed by atoms with Crippen molar-refractivity contribution in [3.05, 3.63) is 41.9 Å². The first-order valence-corrected chi connectivity index (χ1v) is 5.84. The number of oxazole rings is 1. The third kappa shape index (κ3) is 2.12. The van der Waals surface area contributed by atoms with E-state index >= 15 is 0 Å². The Labute approximate surface area is 100 Å². The second-order valence-corrected chi connectivity index (χ2v) is 4.34. The van der Waals surface area contributed by atoms with E-state index in [1.807, 2.05) is 25.1 Å². The van der Waals surface area contributed by atoms with Gasteiger partial charge >= 0.3 is 0 Å². The van der Waals surface area contributed by atoms with E-state index < -0.39 is 0 Å². The molecule has 1 aromatic carbocycles. The van der Waals surface area contributed by atoms with Gasteiger partial charge in [0.05, 0.1) is 6.20 Å². The first-order valence-electron chi connectivity index (χ1n) is 5.40. The van der Waals surface area contributed by atoms with Crippen LogP contribution in [-0.4, -0.2) is 4.98 Å². The molecule has 1 heterocycles. The molecule has 1 unspecified atom stereocenters. The van der Waals surface area contributed by atoms with Gasteiger partial charge in [-0.3, -0.25) is 0 Å². The van der Waals surface area contributed by atoms with Crippen LogP contribution in [0.25, 0.3) is 11.3 Å². The SMILES string of the molecule is CCc1ccccc1-c1cnc(C(C)Cl)o1. The molecule has 0 radical (unpaired) electrons. The molecule has 0 aliphatic carbocycles. The zero-order valence-corrected chi connectivity index (χ0v) is 10.2. The van der Waals surface area contributed by atoms with Crippen molar-refractivity contribution in [3.63, 3.8) is 0 Å². The van der Waals surface area contributed by atoms with E-state index in [0.717, 1.165) is 17.7 Å². The molecule has 0 saturated carbocycles. The molecule has 0 aliphatic heterocycles. The highest BCUT2D eigenvalue weighted by atomic mass is 35.5. The van der Waals surface area contributed by atoms with Gasteiger partial charge in [0.1, 0.15) is 5.38 Å². The molecule has 2 rings (SSSR count). The fraction of sp³-hybridized carbons (Fsp3) is 0.308. The topological polar surface area (TPSA) is 26.0 Å². The third-order valence-electron chi connectivity index (χ3n) is 2.53. The molecule has 2 aromatic rings. The van der Waals surface area contributed by atoms with Gasteiger partial charge in [-0.05, 0) is 18.9 Å². The zero-order chi connectivity index (χ0) is 11.5. The normalized spacial score (nSPS) is 12.7. The summed E-state index contributed by atoms with van der Waals surface area (Å²) < 4.78 is 5.63. The lowest BCUT2D eigenvalue weighted by molar-refractivity contribution is 0.507. The number of hydrogen-bond acceptors (Lipinski definition) is 2. The predicted octanol–water partition coefficient (Wildman–Crippen LogP) is 4.20. The first kappa shape index (κ1) is 11.2. The third-order valence-corrected chi connectivity index (χ3v) is 2.71. The molecule has 0 N–H and O–H groups in total. The van der Waals surface area contributed by atoms with E-state index in [4.69, 9.17) is 16.0 Å². The number of alkyl halides is 1. The molecule has 0 saturated heterocycles. The van der Waals surface area contributed by atoms with Crippen LogP contribution in [0, 0.1) is 0 Å². The van der Waals surface area contributed by atoms with E-state index in [-0.39, 0.29) is 5.38 Å². The van der Waals surface area contributed by atoms with Crippen LogP contribution in [0.1, 0.15) is 30.7 Å². The molecular formula is C13H14ClNO. The van der Waals surface area contributed by atoms with Crippen molar-refractivity contribution < 1.29 is 4.42 Å². The second kappa shape index (κ2) is 4.71. The lowest BCUT2D eigenvalue weighted by Crippen LogP contribution is -1.85. The van der Waals surface area contributed by atoms with E-state index in [9.17, 15) is 0 Å². The van der Waals surface area contributed by atoms with Crippen molar-refractivity contribution in [1.82, 2.24) is 4.98 Å². The highest BCUT2D eigenvalue weighted by Crippen LogP contribution is 2.28. The summed E-state index contributed by atoms with van der Waals surface area (Å²) in [4.78, 5) is 4.17. The number of nitrogens with zero attached hydrogens (tertiary/aromatic N) is 1. The summed E-state index contributed by atoms with van der Waals surface area (Å²) in [5, 5.41) is -0.192. The standard InChI is InChI=1S/C13H14ClNO/c1-3-10-6-4-5-7-11(10)12-8-15-13(16-12)9(2)14/h4-9H,3H2,1-2H3. The van der Waals surface area contributed by atoms with Crippen molar-refractivity contribution in [2.75, 3.05) is 0 Å². The second-order valence-electron chi connectivity index (χ2n) is 3.69. The molecule has 0 bridgehead atoms. The van der Waals surface area contributed by atoms with Gasteiger partial charge in [0.15, 0.2) is 5.76 Å². The smallest absolute Gasteiger partial charge is 0.212 e. The van der Waals surface area contributed by atoms with Gasteiger partial charge in [-0.1, -0.05) is 31.2 Å². The highest BCUT2D eigenvalue weighted by Gasteiger charge is 2.12. The summed E-state index contributed by atoms with van der Waals surface area (Å²) in [7, 11) is 0. The van der Waals surface area contributed by atoms with Crippen LogP contribution < -0.4 is 0 Å². The number of halogens is 1. The highest BCUT2D eigenvalue weighted by molar-refractivity contribution is 6.20. The average molecular weight is 236 g/mol. The Kier molecular flexibility index (Phi) is 3.30. The van der Waals surface area contributed by atoms with E-state index in [2.05, 4.69) is 18.0 Å². The summed E-state index contributed by atoms with van der Waals surface area (Å²) in [5.41, 5.74) is 2.36. The Bertz CT molecular complexity index is 476.